The Bertz CT molecular complexity index is 953. The van der Waals surface area contributed by atoms with Crippen LogP contribution >= 0.6 is 11.6 Å². The number of halogens is 4. The maximum absolute atomic E-state index is 13.5. The van der Waals surface area contributed by atoms with E-state index >= 15 is 0 Å². The fraction of sp³-hybridized carbons (Fsp3) is 0.526. The maximum Gasteiger partial charge on any atom is 0.430 e. The summed E-state index contributed by atoms with van der Waals surface area (Å²) < 4.78 is 50.4. The molecule has 0 bridgehead atoms. The predicted octanol–water partition coefficient (Wildman–Crippen LogP) is 3.43. The van der Waals surface area contributed by atoms with Gasteiger partial charge in [-0.2, -0.15) is 13.2 Å². The largest absolute Gasteiger partial charge is 0.569 e. The second kappa shape index (κ2) is 9.41. The fourth-order valence-corrected chi connectivity index (χ4v) is 3.71. The molecule has 1 fully saturated rings. The molecule has 1 aromatic carbocycles. The van der Waals surface area contributed by atoms with Gasteiger partial charge >= 0.3 is 12.1 Å². The SMILES string of the molecule is Cc1cc2c(c(C)c1Cl)C=C(C(=O)OCO/N=[N+](\[O-])N1CCC[C@H]1CO)[C@@H](C(F)(F)F)O2. The van der Waals surface area contributed by atoms with Crippen LogP contribution in [0.25, 0.3) is 6.08 Å². The summed E-state index contributed by atoms with van der Waals surface area (Å²) in [4.78, 5) is 17.1. The van der Waals surface area contributed by atoms with Crippen LogP contribution < -0.4 is 4.74 Å². The van der Waals surface area contributed by atoms with Crippen LogP contribution in [-0.2, 0) is 14.4 Å². The molecule has 0 aromatic heterocycles. The Morgan fingerprint density at radius 3 is 2.84 bits per heavy atom. The van der Waals surface area contributed by atoms with Crippen molar-refractivity contribution in [3.8, 4) is 5.75 Å². The molecule has 0 unspecified atom stereocenters. The number of benzene rings is 1. The van der Waals surface area contributed by atoms with Crippen molar-refractivity contribution in [3.05, 3.63) is 38.6 Å². The second-order valence-corrected chi connectivity index (χ2v) is 7.72. The third kappa shape index (κ3) is 4.85. The lowest BCUT2D eigenvalue weighted by molar-refractivity contribution is -0.715. The molecule has 2 aliphatic heterocycles. The number of carbonyl (C=O) groups excluding carboxylic acids is 1. The Kier molecular flexibility index (Phi) is 7.03. The third-order valence-electron chi connectivity index (χ3n) is 5.20. The molecular weight excluding hydrogens is 459 g/mol. The van der Waals surface area contributed by atoms with Gasteiger partial charge < -0.3 is 24.6 Å². The minimum Gasteiger partial charge on any atom is -0.569 e. The van der Waals surface area contributed by atoms with Crippen LogP contribution in [0.5, 0.6) is 5.75 Å². The maximum atomic E-state index is 13.5. The zero-order chi connectivity index (χ0) is 23.6. The molecule has 1 aromatic rings. The van der Waals surface area contributed by atoms with Gasteiger partial charge in [-0.3, -0.25) is 0 Å². The van der Waals surface area contributed by atoms with Crippen molar-refractivity contribution in [1.82, 2.24) is 5.01 Å². The number of fused-ring (bicyclic) bond motifs is 1. The number of hydrazine groups is 1. The van der Waals surface area contributed by atoms with Gasteiger partial charge in [0.2, 0.25) is 11.4 Å². The van der Waals surface area contributed by atoms with E-state index in [2.05, 4.69) is 10.1 Å². The lowest BCUT2D eigenvalue weighted by Crippen LogP contribution is -2.41. The van der Waals surface area contributed by atoms with Crippen molar-refractivity contribution in [3.63, 3.8) is 0 Å². The smallest absolute Gasteiger partial charge is 0.430 e. The molecule has 3 rings (SSSR count). The Morgan fingerprint density at radius 1 is 1.47 bits per heavy atom. The Morgan fingerprint density at radius 2 is 2.19 bits per heavy atom. The van der Waals surface area contributed by atoms with Crippen molar-refractivity contribution in [2.45, 2.75) is 45.0 Å². The quantitative estimate of drug-likeness (QED) is 0.166. The molecule has 1 saturated heterocycles. The first-order chi connectivity index (χ1) is 15.0. The van der Waals surface area contributed by atoms with Crippen LogP contribution in [0.1, 0.15) is 29.5 Å². The lowest BCUT2D eigenvalue weighted by atomic mass is 9.96. The van der Waals surface area contributed by atoms with E-state index < -0.39 is 36.7 Å². The second-order valence-electron chi connectivity index (χ2n) is 7.34. The summed E-state index contributed by atoms with van der Waals surface area (Å²) in [5.74, 6) is -1.41. The fourth-order valence-electron chi connectivity index (χ4n) is 3.56. The number of esters is 1. The predicted molar refractivity (Wildman–Crippen MR) is 104 cm³/mol. The minimum atomic E-state index is -4.89. The molecule has 1 N–H and O–H groups in total. The van der Waals surface area contributed by atoms with E-state index in [1.807, 2.05) is 0 Å². The number of hydrogen-bond acceptors (Lipinski definition) is 7. The normalized spacial score (nSPS) is 21.0. The van der Waals surface area contributed by atoms with Crippen LogP contribution in [0.15, 0.2) is 16.9 Å². The van der Waals surface area contributed by atoms with Crippen LogP contribution in [0.4, 0.5) is 13.2 Å². The molecule has 2 heterocycles. The summed E-state index contributed by atoms with van der Waals surface area (Å²) in [7, 11) is 0. The van der Waals surface area contributed by atoms with Gasteiger partial charge in [0.15, 0.2) is 0 Å². The number of alkyl halides is 3. The van der Waals surface area contributed by atoms with Crippen LogP contribution in [0.3, 0.4) is 0 Å². The summed E-state index contributed by atoms with van der Waals surface area (Å²) >= 11 is 6.17. The first-order valence-electron chi connectivity index (χ1n) is 9.64. The molecule has 0 aliphatic carbocycles. The highest BCUT2D eigenvalue weighted by molar-refractivity contribution is 6.32. The lowest BCUT2D eigenvalue weighted by Gasteiger charge is -2.29. The number of carbonyl (C=O) groups is 1. The van der Waals surface area contributed by atoms with Gasteiger partial charge in [-0.15, -0.1) is 5.01 Å². The standard InChI is InChI=1S/C19H21ClF3N3O6/c1-10-6-15-13(11(2)16(10)20)7-14(17(32-15)19(21,22)23)18(28)30-9-31-24-26(29)25-5-3-4-12(25)8-27/h6-7,12,17,27H,3-5,8-9H2,1-2H3/b26-24-/t12-,17-/m0/s1. The van der Waals surface area contributed by atoms with Gasteiger partial charge in [0.05, 0.1) is 23.7 Å². The summed E-state index contributed by atoms with van der Waals surface area (Å²) in [6, 6.07) is 0.948. The Hall–Kier alpha value is -2.73. The van der Waals surface area contributed by atoms with E-state index in [1.54, 1.807) is 13.8 Å². The van der Waals surface area contributed by atoms with Crippen molar-refractivity contribution in [1.29, 1.82) is 0 Å². The Labute approximate surface area is 186 Å². The zero-order valence-corrected chi connectivity index (χ0v) is 17.9. The van der Waals surface area contributed by atoms with E-state index in [0.29, 0.717) is 35.5 Å². The van der Waals surface area contributed by atoms with Crippen LogP contribution in [0, 0.1) is 19.1 Å². The van der Waals surface area contributed by atoms with Crippen LogP contribution in [0.2, 0.25) is 5.02 Å². The molecule has 0 spiro atoms. The van der Waals surface area contributed by atoms with E-state index in [-0.39, 0.29) is 22.9 Å². The average Bonchev–Trinajstić information content (AvgIpc) is 3.22. The topological polar surface area (TPSA) is 107 Å². The first-order valence-corrected chi connectivity index (χ1v) is 10.0. The number of aliphatic hydroxyl groups is 1. The molecule has 0 saturated carbocycles. The molecule has 9 nitrogen and oxygen atoms in total. The Balaban J connectivity index is 1.73. The van der Waals surface area contributed by atoms with Gasteiger partial charge in [-0.25, -0.2) is 4.79 Å². The number of aryl methyl sites for hydroxylation is 1. The first kappa shape index (κ1) is 23.9. The summed E-state index contributed by atoms with van der Waals surface area (Å²) in [5.41, 5.74) is 0.413. The third-order valence-corrected chi connectivity index (χ3v) is 5.78. The average molecular weight is 480 g/mol. The molecule has 0 amide bonds. The number of hydrogen-bond donors (Lipinski definition) is 1. The van der Waals surface area contributed by atoms with Crippen LogP contribution in [-0.4, -0.2) is 59.3 Å². The van der Waals surface area contributed by atoms with E-state index in [1.165, 1.54) is 11.1 Å². The van der Waals surface area contributed by atoms with Crippen molar-refractivity contribution in [2.75, 3.05) is 19.9 Å². The molecular formula is C19H21ClF3N3O6. The number of aliphatic hydroxyl groups excluding tert-OH is 1. The van der Waals surface area contributed by atoms with Gasteiger partial charge in [-0.05, 0) is 50.0 Å². The minimum absolute atomic E-state index is 0.0550. The monoisotopic (exact) mass is 479 g/mol. The highest BCUT2D eigenvalue weighted by Gasteiger charge is 2.49. The highest BCUT2D eigenvalue weighted by atomic mass is 35.5. The van der Waals surface area contributed by atoms with E-state index in [0.717, 1.165) is 6.08 Å². The molecule has 13 heteroatoms. The van der Waals surface area contributed by atoms with Crippen molar-refractivity contribution >= 4 is 23.6 Å². The molecule has 2 aliphatic rings. The van der Waals surface area contributed by atoms with Crippen molar-refractivity contribution in [2.24, 2.45) is 5.28 Å². The molecule has 0 radical (unpaired) electrons. The summed E-state index contributed by atoms with van der Waals surface area (Å²) in [6.07, 6.45) is -5.16. The van der Waals surface area contributed by atoms with Crippen molar-refractivity contribution < 1.29 is 42.4 Å². The van der Waals surface area contributed by atoms with Gasteiger partial charge in [0.25, 0.3) is 6.79 Å². The van der Waals surface area contributed by atoms with Gasteiger partial charge in [-0.1, -0.05) is 11.6 Å². The summed E-state index contributed by atoms with van der Waals surface area (Å²) in [5, 5.41) is 25.8. The number of ether oxygens (including phenoxy) is 2. The molecule has 176 valence electrons. The van der Waals surface area contributed by atoms with E-state index in [4.69, 9.17) is 21.1 Å². The van der Waals surface area contributed by atoms with Gasteiger partial charge in [0, 0.05) is 10.6 Å². The highest BCUT2D eigenvalue weighted by Crippen LogP contribution is 2.41. The van der Waals surface area contributed by atoms with E-state index in [9.17, 15) is 28.3 Å². The van der Waals surface area contributed by atoms with Gasteiger partial charge in [0.1, 0.15) is 11.8 Å². The zero-order valence-electron chi connectivity index (χ0n) is 17.2. The number of rotatable bonds is 6. The molecule has 32 heavy (non-hydrogen) atoms. The molecule has 2 atom stereocenters. The number of nitrogens with zero attached hydrogens (tertiary/aromatic N) is 3. The summed E-state index contributed by atoms with van der Waals surface area (Å²) in [6.45, 7) is 2.41.